The van der Waals surface area contributed by atoms with Crippen molar-refractivity contribution in [3.05, 3.63) is 48.5 Å². The van der Waals surface area contributed by atoms with E-state index in [1.54, 1.807) is 6.20 Å². The van der Waals surface area contributed by atoms with Crippen molar-refractivity contribution in [1.29, 1.82) is 0 Å². The highest BCUT2D eigenvalue weighted by atomic mass is 16.5. The Bertz CT molecular complexity index is 870. The fourth-order valence-corrected chi connectivity index (χ4v) is 3.15. The Balaban J connectivity index is 1.50. The molecule has 1 aliphatic heterocycles. The maximum absolute atomic E-state index is 12.3. The molecule has 3 aromatic rings. The highest BCUT2D eigenvalue weighted by Gasteiger charge is 2.17. The van der Waals surface area contributed by atoms with Gasteiger partial charge in [0, 0.05) is 55.0 Å². The Morgan fingerprint density at radius 3 is 2.96 bits per heavy atom. The minimum atomic E-state index is -0.0191. The first-order valence-electron chi connectivity index (χ1n) is 8.50. The number of morpholine rings is 1. The zero-order valence-electron chi connectivity index (χ0n) is 13.9. The molecular formula is C19H20N4O2. The van der Waals surface area contributed by atoms with Crippen LogP contribution >= 0.6 is 0 Å². The molecule has 3 heterocycles. The number of carbonyl (C=O) groups excluding carboxylic acids is 1. The molecule has 0 radical (unpaired) electrons. The second-order valence-corrected chi connectivity index (χ2v) is 6.34. The molecule has 1 aliphatic rings. The molecule has 1 fully saturated rings. The van der Waals surface area contributed by atoms with Crippen molar-refractivity contribution < 1.29 is 9.53 Å². The number of nitrogens with zero attached hydrogens (tertiary/aromatic N) is 2. The van der Waals surface area contributed by atoms with Gasteiger partial charge in [-0.25, -0.2) is 0 Å². The summed E-state index contributed by atoms with van der Waals surface area (Å²) in [6, 6.07) is 8.19. The van der Waals surface area contributed by atoms with Crippen molar-refractivity contribution in [3.8, 4) is 11.1 Å². The lowest BCUT2D eigenvalue weighted by Crippen LogP contribution is -2.39. The van der Waals surface area contributed by atoms with E-state index in [2.05, 4.69) is 26.6 Å². The van der Waals surface area contributed by atoms with Crippen LogP contribution in [0.4, 0.5) is 0 Å². The minimum absolute atomic E-state index is 0.0191. The maximum atomic E-state index is 12.3. The summed E-state index contributed by atoms with van der Waals surface area (Å²) in [4.78, 5) is 16.7. The summed E-state index contributed by atoms with van der Waals surface area (Å²) in [5.74, 6) is 0.159. The van der Waals surface area contributed by atoms with Gasteiger partial charge in [-0.15, -0.1) is 0 Å². The predicted octanol–water partition coefficient (Wildman–Crippen LogP) is 2.11. The lowest BCUT2D eigenvalue weighted by Gasteiger charge is -2.22. The number of rotatable bonds is 5. The number of fused-ring (bicyclic) bond motifs is 1. The zero-order valence-corrected chi connectivity index (χ0v) is 13.9. The normalized spacial score (nSPS) is 17.7. The van der Waals surface area contributed by atoms with Gasteiger partial charge in [-0.2, -0.15) is 5.10 Å². The lowest BCUT2D eigenvalue weighted by atomic mass is 10.0. The third-order valence-electron chi connectivity index (χ3n) is 4.45. The largest absolute Gasteiger partial charge is 0.375 e. The van der Waals surface area contributed by atoms with Crippen LogP contribution in [0, 0.1) is 0 Å². The molecule has 4 rings (SSSR count). The van der Waals surface area contributed by atoms with Crippen LogP contribution in [0.1, 0.15) is 12.1 Å². The highest BCUT2D eigenvalue weighted by molar-refractivity contribution is 5.88. The van der Waals surface area contributed by atoms with Crippen LogP contribution in [0.15, 0.2) is 42.9 Å². The maximum Gasteiger partial charge on any atom is 0.141 e. The SMILES string of the molecule is O=C(Cc1cc2cc(-c3cn[nH]c3)ccc2cn1)CC1CNCCO1. The van der Waals surface area contributed by atoms with Gasteiger partial charge in [0.25, 0.3) is 0 Å². The molecule has 2 N–H and O–H groups in total. The number of ether oxygens (including phenoxy) is 1. The van der Waals surface area contributed by atoms with E-state index in [1.165, 1.54) is 0 Å². The first-order valence-corrected chi connectivity index (χ1v) is 8.50. The predicted molar refractivity (Wildman–Crippen MR) is 95.3 cm³/mol. The van der Waals surface area contributed by atoms with Crippen molar-refractivity contribution in [2.75, 3.05) is 19.7 Å². The molecule has 128 valence electrons. The molecule has 0 amide bonds. The number of hydrogen-bond acceptors (Lipinski definition) is 5. The van der Waals surface area contributed by atoms with Crippen molar-refractivity contribution in [3.63, 3.8) is 0 Å². The van der Waals surface area contributed by atoms with Gasteiger partial charge in [-0.3, -0.25) is 14.9 Å². The highest BCUT2D eigenvalue weighted by Crippen LogP contribution is 2.24. The number of aromatic nitrogens is 3. The van der Waals surface area contributed by atoms with Crippen LogP contribution in [-0.4, -0.2) is 46.8 Å². The van der Waals surface area contributed by atoms with E-state index in [4.69, 9.17) is 4.74 Å². The molecule has 2 aromatic heterocycles. The van der Waals surface area contributed by atoms with Gasteiger partial charge >= 0.3 is 0 Å². The van der Waals surface area contributed by atoms with Gasteiger partial charge in [-0.1, -0.05) is 12.1 Å². The molecule has 0 saturated carbocycles. The number of benzene rings is 1. The molecular weight excluding hydrogens is 316 g/mol. The quantitative estimate of drug-likeness (QED) is 0.746. The fraction of sp³-hybridized carbons (Fsp3) is 0.316. The van der Waals surface area contributed by atoms with Gasteiger partial charge in [0.15, 0.2) is 0 Å². The molecule has 25 heavy (non-hydrogen) atoms. The number of Topliss-reactive ketones (excluding diaryl/α,β-unsaturated/α-hetero) is 1. The molecule has 1 atom stereocenters. The van der Waals surface area contributed by atoms with Gasteiger partial charge in [0.05, 0.1) is 18.9 Å². The average molecular weight is 336 g/mol. The second kappa shape index (κ2) is 7.13. The van der Waals surface area contributed by atoms with Crippen molar-refractivity contribution >= 4 is 16.6 Å². The van der Waals surface area contributed by atoms with Gasteiger partial charge in [0.1, 0.15) is 5.78 Å². The summed E-state index contributed by atoms with van der Waals surface area (Å²) >= 11 is 0. The standard InChI is InChI=1S/C19H20N4O2/c24-18(8-19-12-20-3-4-25-19)7-17-6-15-5-13(16-10-22-23-11-16)1-2-14(15)9-21-17/h1-2,5-6,9-11,19-20H,3-4,7-8,12H2,(H,22,23). The second-order valence-electron chi connectivity index (χ2n) is 6.34. The van der Waals surface area contributed by atoms with Gasteiger partial charge in [0.2, 0.25) is 0 Å². The number of ketones is 1. The summed E-state index contributed by atoms with van der Waals surface area (Å²) < 4.78 is 5.60. The smallest absolute Gasteiger partial charge is 0.141 e. The van der Waals surface area contributed by atoms with Crippen LogP contribution < -0.4 is 5.32 Å². The average Bonchev–Trinajstić information content (AvgIpc) is 3.16. The lowest BCUT2D eigenvalue weighted by molar-refractivity contribution is -0.121. The number of carbonyl (C=O) groups is 1. The Morgan fingerprint density at radius 2 is 2.16 bits per heavy atom. The van der Waals surface area contributed by atoms with Gasteiger partial charge < -0.3 is 10.1 Å². The van der Waals surface area contributed by atoms with E-state index in [0.29, 0.717) is 19.4 Å². The summed E-state index contributed by atoms with van der Waals surface area (Å²) in [5, 5.41) is 12.2. The Hall–Kier alpha value is -2.57. The van der Waals surface area contributed by atoms with Crippen molar-refractivity contribution in [1.82, 2.24) is 20.5 Å². The molecule has 1 saturated heterocycles. The van der Waals surface area contributed by atoms with Gasteiger partial charge in [-0.05, 0) is 23.1 Å². The number of pyridine rings is 1. The topological polar surface area (TPSA) is 79.9 Å². The summed E-state index contributed by atoms with van der Waals surface area (Å²) in [6.45, 7) is 2.27. The summed E-state index contributed by atoms with van der Waals surface area (Å²) in [7, 11) is 0. The zero-order chi connectivity index (χ0) is 17.1. The monoisotopic (exact) mass is 336 g/mol. The molecule has 6 nitrogen and oxygen atoms in total. The van der Waals surface area contributed by atoms with Crippen LogP contribution in [0.5, 0.6) is 0 Å². The molecule has 0 spiro atoms. The van der Waals surface area contributed by atoms with E-state index in [9.17, 15) is 4.79 Å². The van der Waals surface area contributed by atoms with Crippen LogP contribution in [-0.2, 0) is 16.0 Å². The third-order valence-corrected chi connectivity index (χ3v) is 4.45. The number of aromatic amines is 1. The van der Waals surface area contributed by atoms with E-state index in [-0.39, 0.29) is 11.9 Å². The fourth-order valence-electron chi connectivity index (χ4n) is 3.15. The Kier molecular flexibility index (Phi) is 4.54. The van der Waals surface area contributed by atoms with E-state index >= 15 is 0 Å². The van der Waals surface area contributed by atoms with Crippen molar-refractivity contribution in [2.45, 2.75) is 18.9 Å². The first kappa shape index (κ1) is 15.9. The van der Waals surface area contributed by atoms with E-state index < -0.39 is 0 Å². The van der Waals surface area contributed by atoms with Crippen LogP contribution in [0.3, 0.4) is 0 Å². The number of nitrogens with one attached hydrogen (secondary N) is 2. The Morgan fingerprint density at radius 1 is 1.20 bits per heavy atom. The minimum Gasteiger partial charge on any atom is -0.375 e. The molecule has 6 heteroatoms. The summed E-state index contributed by atoms with van der Waals surface area (Å²) in [5.41, 5.74) is 2.93. The molecule has 1 aromatic carbocycles. The molecule has 1 unspecified atom stereocenters. The van der Waals surface area contributed by atoms with Crippen molar-refractivity contribution in [2.24, 2.45) is 0 Å². The molecule has 0 aliphatic carbocycles. The van der Waals surface area contributed by atoms with E-state index in [0.717, 1.165) is 40.7 Å². The number of hydrogen-bond donors (Lipinski definition) is 2. The third kappa shape index (κ3) is 3.75. The summed E-state index contributed by atoms with van der Waals surface area (Å²) in [6.07, 6.45) is 6.24. The first-order chi connectivity index (χ1) is 12.3. The van der Waals surface area contributed by atoms with E-state index in [1.807, 2.05) is 30.6 Å². The van der Waals surface area contributed by atoms with Crippen LogP contribution in [0.2, 0.25) is 0 Å². The molecule has 0 bridgehead atoms. The van der Waals surface area contributed by atoms with Crippen LogP contribution in [0.25, 0.3) is 21.9 Å². The Labute approximate surface area is 145 Å². The number of H-pyrrole nitrogens is 1.